The average molecular weight is 412 g/mol. The fourth-order valence-electron chi connectivity index (χ4n) is 2.15. The molecule has 0 aromatic heterocycles. The molecular formula is C18H42N3O5P. The van der Waals surface area contributed by atoms with Crippen LogP contribution < -0.4 is 0 Å². The van der Waals surface area contributed by atoms with Crippen molar-refractivity contribution in [3.63, 3.8) is 0 Å². The lowest BCUT2D eigenvalue weighted by Gasteiger charge is -2.40. The normalized spacial score (nSPS) is 17.6. The molecule has 164 valence electrons. The summed E-state index contributed by atoms with van der Waals surface area (Å²) in [6.45, 7) is 15.4. The van der Waals surface area contributed by atoms with Crippen LogP contribution >= 0.6 is 7.67 Å². The van der Waals surface area contributed by atoms with Gasteiger partial charge in [-0.25, -0.2) is 9.34 Å². The fraction of sp³-hybridized carbons (Fsp3) is 0.944. The van der Waals surface area contributed by atoms with E-state index in [4.69, 9.17) is 14.7 Å². The lowest BCUT2D eigenvalue weighted by molar-refractivity contribution is -0.135. The van der Waals surface area contributed by atoms with Crippen LogP contribution in [0.25, 0.3) is 0 Å². The summed E-state index contributed by atoms with van der Waals surface area (Å²) in [7, 11) is 0.613. The van der Waals surface area contributed by atoms with Gasteiger partial charge < -0.3 is 19.6 Å². The lowest BCUT2D eigenvalue weighted by Crippen LogP contribution is -2.49. The molecule has 1 aliphatic heterocycles. The molecule has 8 nitrogen and oxygen atoms in total. The van der Waals surface area contributed by atoms with Crippen molar-refractivity contribution in [2.24, 2.45) is 5.92 Å². The summed E-state index contributed by atoms with van der Waals surface area (Å²) in [5.41, 5.74) is -0.903. The first-order valence-corrected chi connectivity index (χ1v) is 11.2. The number of aliphatic hydroxyl groups is 2. The van der Waals surface area contributed by atoms with Gasteiger partial charge in [0.15, 0.2) is 0 Å². The number of aliphatic hydroxyl groups excluding tert-OH is 1. The molecule has 1 saturated heterocycles. The Morgan fingerprint density at radius 2 is 1.59 bits per heavy atom. The van der Waals surface area contributed by atoms with Gasteiger partial charge in [0.2, 0.25) is 5.91 Å². The van der Waals surface area contributed by atoms with E-state index in [1.165, 1.54) is 0 Å². The van der Waals surface area contributed by atoms with Crippen LogP contribution in [0.5, 0.6) is 0 Å². The zero-order chi connectivity index (χ0) is 21.8. The molecule has 1 fully saturated rings. The third-order valence-corrected chi connectivity index (χ3v) is 6.33. The standard InChI is InChI=1S/C12H26N3O3P.C4H10O2.C2H6/c1-6-18-19(17,13(4)5)15-9-7-14(8-10-15)12(16)11(2)3;1-4(2,6)3-5;1-2/h11H,6-10H2,1-5H3;5-6H,3H2,1-2H3;1-2H3. The van der Waals surface area contributed by atoms with Gasteiger partial charge in [0, 0.05) is 32.1 Å². The van der Waals surface area contributed by atoms with Gasteiger partial charge in [0.05, 0.1) is 18.8 Å². The molecule has 0 bridgehead atoms. The van der Waals surface area contributed by atoms with Crippen LogP contribution in [0.2, 0.25) is 0 Å². The van der Waals surface area contributed by atoms with E-state index in [1.807, 2.05) is 44.2 Å². The van der Waals surface area contributed by atoms with Crippen molar-refractivity contribution in [3.8, 4) is 0 Å². The van der Waals surface area contributed by atoms with Crippen molar-refractivity contribution in [3.05, 3.63) is 0 Å². The minimum Gasteiger partial charge on any atom is -0.393 e. The van der Waals surface area contributed by atoms with Crippen LogP contribution in [0.4, 0.5) is 0 Å². The Kier molecular flexibility index (Phi) is 14.5. The molecule has 1 heterocycles. The smallest absolute Gasteiger partial charge is 0.345 e. The van der Waals surface area contributed by atoms with Crippen molar-refractivity contribution < 1.29 is 24.1 Å². The summed E-state index contributed by atoms with van der Waals surface area (Å²) in [6, 6.07) is 0. The largest absolute Gasteiger partial charge is 0.393 e. The number of carbonyl (C=O) groups is 1. The maximum Gasteiger partial charge on any atom is 0.345 e. The SMILES string of the molecule is CC.CC(C)(O)CO.CCOP(=O)(N(C)C)N1CCN(C(=O)C(C)C)CC1. The number of carbonyl (C=O) groups excluding carboxylic acids is 1. The number of hydrogen-bond acceptors (Lipinski definition) is 5. The van der Waals surface area contributed by atoms with Crippen LogP contribution in [-0.2, 0) is 13.9 Å². The van der Waals surface area contributed by atoms with E-state index in [0.717, 1.165) is 0 Å². The maximum atomic E-state index is 12.8. The van der Waals surface area contributed by atoms with E-state index in [0.29, 0.717) is 32.8 Å². The molecule has 1 atom stereocenters. The average Bonchev–Trinajstić information content (AvgIpc) is 2.62. The number of piperazine rings is 1. The molecule has 9 heteroatoms. The Balaban J connectivity index is 0. The van der Waals surface area contributed by atoms with E-state index in [2.05, 4.69) is 0 Å². The monoisotopic (exact) mass is 411 g/mol. The highest BCUT2D eigenvalue weighted by molar-refractivity contribution is 7.53. The third kappa shape index (κ3) is 10.6. The number of nitrogens with zero attached hydrogens (tertiary/aromatic N) is 3. The molecule has 0 aromatic rings. The highest BCUT2D eigenvalue weighted by Gasteiger charge is 2.37. The van der Waals surface area contributed by atoms with Gasteiger partial charge in [-0.15, -0.1) is 0 Å². The summed E-state index contributed by atoms with van der Waals surface area (Å²) in [5.74, 6) is 0.176. The van der Waals surface area contributed by atoms with Crippen molar-refractivity contribution in [2.75, 3.05) is 53.5 Å². The van der Waals surface area contributed by atoms with Crippen molar-refractivity contribution >= 4 is 13.6 Å². The quantitative estimate of drug-likeness (QED) is 0.648. The summed E-state index contributed by atoms with van der Waals surface area (Å²) >= 11 is 0. The number of rotatable bonds is 6. The topological polar surface area (TPSA) is 93.5 Å². The highest BCUT2D eigenvalue weighted by atomic mass is 31.2. The van der Waals surface area contributed by atoms with Crippen molar-refractivity contribution in [2.45, 2.75) is 54.1 Å². The summed E-state index contributed by atoms with van der Waals surface area (Å²) in [4.78, 5) is 13.8. The molecular weight excluding hydrogens is 369 g/mol. The summed E-state index contributed by atoms with van der Waals surface area (Å²) < 4.78 is 21.8. The predicted molar refractivity (Wildman–Crippen MR) is 111 cm³/mol. The highest BCUT2D eigenvalue weighted by Crippen LogP contribution is 2.52. The first-order valence-electron chi connectivity index (χ1n) is 9.68. The molecule has 1 aliphatic rings. The molecule has 1 unspecified atom stereocenters. The van der Waals surface area contributed by atoms with E-state index >= 15 is 0 Å². The van der Waals surface area contributed by atoms with E-state index in [9.17, 15) is 9.36 Å². The Hall–Kier alpha value is -0.500. The second-order valence-electron chi connectivity index (χ2n) is 7.16. The van der Waals surface area contributed by atoms with Gasteiger partial charge >= 0.3 is 7.67 Å². The van der Waals surface area contributed by atoms with Gasteiger partial charge in [-0.05, 0) is 34.9 Å². The molecule has 0 aliphatic carbocycles. The van der Waals surface area contributed by atoms with Gasteiger partial charge in [-0.1, -0.05) is 27.7 Å². The maximum absolute atomic E-state index is 12.8. The fourth-order valence-corrected chi connectivity index (χ4v) is 4.07. The third-order valence-electron chi connectivity index (χ3n) is 3.61. The van der Waals surface area contributed by atoms with Gasteiger partial charge in [-0.3, -0.25) is 9.36 Å². The molecule has 2 N–H and O–H groups in total. The molecule has 0 saturated carbocycles. The first kappa shape index (κ1) is 28.7. The summed E-state index contributed by atoms with van der Waals surface area (Å²) in [5, 5.41) is 16.7. The predicted octanol–water partition coefficient (Wildman–Crippen LogP) is 2.27. The molecule has 1 rings (SSSR count). The molecule has 1 amide bonds. The minimum absolute atomic E-state index is 0.0131. The zero-order valence-corrected chi connectivity index (χ0v) is 19.6. The van der Waals surface area contributed by atoms with Gasteiger partial charge in [-0.2, -0.15) is 0 Å². The number of amides is 1. The van der Waals surface area contributed by atoms with Crippen molar-refractivity contribution in [1.82, 2.24) is 14.2 Å². The first-order chi connectivity index (χ1) is 12.4. The zero-order valence-electron chi connectivity index (χ0n) is 18.7. The molecule has 0 spiro atoms. The Labute approximate surface area is 166 Å². The molecule has 0 aromatic carbocycles. The Morgan fingerprint density at radius 1 is 1.19 bits per heavy atom. The van der Waals surface area contributed by atoms with E-state index in [-0.39, 0.29) is 18.4 Å². The van der Waals surface area contributed by atoms with Crippen LogP contribution in [0.3, 0.4) is 0 Å². The minimum atomic E-state index is -2.92. The van der Waals surface area contributed by atoms with Crippen molar-refractivity contribution in [1.29, 1.82) is 0 Å². The molecule has 0 radical (unpaired) electrons. The Morgan fingerprint density at radius 3 is 1.85 bits per heavy atom. The second-order valence-corrected chi connectivity index (χ2v) is 9.76. The van der Waals surface area contributed by atoms with Crippen LogP contribution in [0.1, 0.15) is 48.5 Å². The lowest BCUT2D eigenvalue weighted by atomic mass is 10.2. The Bertz CT molecular complexity index is 445. The second kappa shape index (κ2) is 13.6. The molecule has 27 heavy (non-hydrogen) atoms. The van der Waals surface area contributed by atoms with Gasteiger partial charge in [0.1, 0.15) is 0 Å². The van der Waals surface area contributed by atoms with E-state index in [1.54, 1.807) is 32.6 Å². The van der Waals surface area contributed by atoms with E-state index < -0.39 is 13.3 Å². The van der Waals surface area contributed by atoms with Crippen LogP contribution in [-0.4, -0.2) is 89.5 Å². The van der Waals surface area contributed by atoms with Gasteiger partial charge in [0.25, 0.3) is 0 Å². The van der Waals surface area contributed by atoms with Crippen LogP contribution in [0.15, 0.2) is 0 Å². The van der Waals surface area contributed by atoms with Crippen LogP contribution in [0, 0.1) is 5.92 Å². The summed E-state index contributed by atoms with van der Waals surface area (Å²) in [6.07, 6.45) is 0. The number of hydrogen-bond donors (Lipinski definition) is 2.